The third-order valence-corrected chi connectivity index (χ3v) is 4.21. The molecule has 0 unspecified atom stereocenters. The topological polar surface area (TPSA) is 72.3 Å². The highest BCUT2D eigenvalue weighted by molar-refractivity contribution is 6.30. The summed E-state index contributed by atoms with van der Waals surface area (Å²) in [7, 11) is 0. The summed E-state index contributed by atoms with van der Waals surface area (Å²) in [6.45, 7) is 6.02. The van der Waals surface area contributed by atoms with E-state index in [0.29, 0.717) is 28.7 Å². The van der Waals surface area contributed by atoms with Gasteiger partial charge in [0, 0.05) is 16.5 Å². The summed E-state index contributed by atoms with van der Waals surface area (Å²) in [6, 6.07) is 7.27. The molecule has 0 aliphatic heterocycles. The van der Waals surface area contributed by atoms with Crippen molar-refractivity contribution in [2.45, 2.75) is 46.0 Å². The van der Waals surface area contributed by atoms with Crippen molar-refractivity contribution >= 4 is 17.8 Å². The minimum absolute atomic E-state index is 0.110. The van der Waals surface area contributed by atoms with Crippen molar-refractivity contribution in [2.24, 2.45) is 0 Å². The molecule has 0 amide bonds. The maximum absolute atomic E-state index is 11.1. The largest absolute Gasteiger partial charge is 0.511 e. The van der Waals surface area contributed by atoms with Crippen LogP contribution in [0.1, 0.15) is 50.9 Å². The van der Waals surface area contributed by atoms with Gasteiger partial charge in [-0.2, -0.15) is 0 Å². The number of carboxylic acid groups (broad SMARTS) is 1. The van der Waals surface area contributed by atoms with Gasteiger partial charge in [0.05, 0.1) is 11.4 Å². The standard InChI is InChI=1S/C18H21ClN2O3/c1-4-11(5-2)15-16(24-18(22)23)14(6-3)20-17(21-15)12-7-9-13(19)10-8-12/h7-11H,4-6H2,1-3H3,(H,22,23). The highest BCUT2D eigenvalue weighted by Crippen LogP contribution is 2.34. The van der Waals surface area contributed by atoms with E-state index in [2.05, 4.69) is 23.8 Å². The van der Waals surface area contributed by atoms with E-state index < -0.39 is 6.16 Å². The quantitative estimate of drug-likeness (QED) is 0.715. The maximum Gasteiger partial charge on any atom is 0.511 e. The van der Waals surface area contributed by atoms with Crippen LogP contribution in [-0.2, 0) is 6.42 Å². The molecular formula is C18H21ClN2O3. The number of aromatic nitrogens is 2. The second-order valence-electron chi connectivity index (χ2n) is 5.45. The minimum Gasteiger partial charge on any atom is -0.449 e. The van der Waals surface area contributed by atoms with E-state index in [1.807, 2.05) is 19.1 Å². The van der Waals surface area contributed by atoms with Crippen molar-refractivity contribution in [1.82, 2.24) is 9.97 Å². The molecule has 0 saturated heterocycles. The zero-order valence-electron chi connectivity index (χ0n) is 14.0. The molecule has 1 aromatic carbocycles. The van der Waals surface area contributed by atoms with Crippen LogP contribution in [0.4, 0.5) is 4.79 Å². The summed E-state index contributed by atoms with van der Waals surface area (Å²) in [5.41, 5.74) is 2.08. The van der Waals surface area contributed by atoms with Gasteiger partial charge >= 0.3 is 6.16 Å². The molecular weight excluding hydrogens is 328 g/mol. The lowest BCUT2D eigenvalue weighted by atomic mass is 9.97. The van der Waals surface area contributed by atoms with E-state index in [1.54, 1.807) is 12.1 Å². The number of ether oxygens (including phenoxy) is 1. The first kappa shape index (κ1) is 18.2. The van der Waals surface area contributed by atoms with Crippen LogP contribution in [0.5, 0.6) is 5.75 Å². The smallest absolute Gasteiger partial charge is 0.449 e. The SMILES string of the molecule is CCc1nc(-c2ccc(Cl)cc2)nc(C(CC)CC)c1OC(=O)O. The second kappa shape index (κ2) is 8.11. The van der Waals surface area contributed by atoms with Crippen LogP contribution in [0, 0.1) is 0 Å². The van der Waals surface area contributed by atoms with E-state index in [1.165, 1.54) is 0 Å². The van der Waals surface area contributed by atoms with E-state index in [9.17, 15) is 4.79 Å². The third kappa shape index (κ3) is 4.03. The first-order valence-electron chi connectivity index (χ1n) is 8.07. The van der Waals surface area contributed by atoms with Gasteiger partial charge in [0.25, 0.3) is 0 Å². The summed E-state index contributed by atoms with van der Waals surface area (Å²) in [5.74, 6) is 0.943. The van der Waals surface area contributed by atoms with Gasteiger partial charge < -0.3 is 9.84 Å². The van der Waals surface area contributed by atoms with Gasteiger partial charge in [0.15, 0.2) is 11.6 Å². The third-order valence-electron chi connectivity index (χ3n) is 3.96. The van der Waals surface area contributed by atoms with Gasteiger partial charge in [-0.15, -0.1) is 0 Å². The molecule has 1 aromatic heterocycles. The van der Waals surface area contributed by atoms with Gasteiger partial charge in [0.2, 0.25) is 0 Å². The molecule has 0 atom stereocenters. The number of halogens is 1. The molecule has 0 radical (unpaired) electrons. The Kier molecular flexibility index (Phi) is 6.15. The summed E-state index contributed by atoms with van der Waals surface area (Å²) < 4.78 is 5.03. The Hall–Kier alpha value is -2.14. The molecule has 0 saturated carbocycles. The molecule has 5 nitrogen and oxygen atoms in total. The molecule has 0 spiro atoms. The molecule has 0 fully saturated rings. The van der Waals surface area contributed by atoms with Crippen LogP contribution in [-0.4, -0.2) is 21.2 Å². The van der Waals surface area contributed by atoms with Gasteiger partial charge in [-0.1, -0.05) is 32.4 Å². The summed E-state index contributed by atoms with van der Waals surface area (Å²) in [6.07, 6.45) is 0.887. The van der Waals surface area contributed by atoms with Crippen molar-refractivity contribution < 1.29 is 14.6 Å². The highest BCUT2D eigenvalue weighted by atomic mass is 35.5. The van der Waals surface area contributed by atoms with Crippen LogP contribution in [0.3, 0.4) is 0 Å². The summed E-state index contributed by atoms with van der Waals surface area (Å²) in [5, 5.41) is 9.70. The Morgan fingerprint density at radius 3 is 2.29 bits per heavy atom. The van der Waals surface area contributed by atoms with Crippen LogP contribution in [0.2, 0.25) is 5.02 Å². The Balaban J connectivity index is 2.64. The molecule has 0 aliphatic rings. The fraction of sp³-hybridized carbons (Fsp3) is 0.389. The molecule has 128 valence electrons. The Bertz CT molecular complexity index is 713. The van der Waals surface area contributed by atoms with Crippen LogP contribution in [0.15, 0.2) is 24.3 Å². The molecule has 1 heterocycles. The number of aryl methyl sites for hydroxylation is 1. The van der Waals surface area contributed by atoms with Crippen molar-refractivity contribution in [1.29, 1.82) is 0 Å². The fourth-order valence-electron chi connectivity index (χ4n) is 2.63. The number of rotatable bonds is 6. The van der Waals surface area contributed by atoms with E-state index in [0.717, 1.165) is 18.4 Å². The van der Waals surface area contributed by atoms with Crippen molar-refractivity contribution in [3.63, 3.8) is 0 Å². The summed E-state index contributed by atoms with van der Waals surface area (Å²) in [4.78, 5) is 20.2. The van der Waals surface area contributed by atoms with Gasteiger partial charge in [-0.3, -0.25) is 0 Å². The zero-order valence-corrected chi connectivity index (χ0v) is 14.8. The second-order valence-corrected chi connectivity index (χ2v) is 5.89. The molecule has 1 N–H and O–H groups in total. The van der Waals surface area contributed by atoms with Crippen LogP contribution in [0.25, 0.3) is 11.4 Å². The minimum atomic E-state index is -1.35. The zero-order chi connectivity index (χ0) is 17.7. The first-order chi connectivity index (χ1) is 11.5. The molecule has 6 heteroatoms. The lowest BCUT2D eigenvalue weighted by Gasteiger charge is -2.18. The van der Waals surface area contributed by atoms with Crippen molar-refractivity contribution in [3.05, 3.63) is 40.7 Å². The molecule has 0 bridgehead atoms. The van der Waals surface area contributed by atoms with Crippen molar-refractivity contribution in [3.8, 4) is 17.1 Å². The van der Waals surface area contributed by atoms with Gasteiger partial charge in [0.1, 0.15) is 0 Å². The predicted molar refractivity (Wildman–Crippen MR) is 93.8 cm³/mol. The van der Waals surface area contributed by atoms with Gasteiger partial charge in [-0.05, 0) is 43.5 Å². The lowest BCUT2D eigenvalue weighted by Crippen LogP contribution is -2.13. The Morgan fingerprint density at radius 2 is 1.79 bits per heavy atom. The van der Waals surface area contributed by atoms with E-state index >= 15 is 0 Å². The Labute approximate surface area is 146 Å². The average Bonchev–Trinajstić information content (AvgIpc) is 2.57. The van der Waals surface area contributed by atoms with E-state index in [-0.39, 0.29) is 11.7 Å². The predicted octanol–water partition coefficient (Wildman–Crippen LogP) is 5.32. The molecule has 0 aliphatic carbocycles. The number of nitrogens with zero attached hydrogens (tertiary/aromatic N) is 2. The molecule has 2 rings (SSSR count). The first-order valence-corrected chi connectivity index (χ1v) is 8.45. The highest BCUT2D eigenvalue weighted by Gasteiger charge is 2.23. The molecule has 24 heavy (non-hydrogen) atoms. The Morgan fingerprint density at radius 1 is 1.17 bits per heavy atom. The number of hydrogen-bond acceptors (Lipinski definition) is 4. The summed E-state index contributed by atoms with van der Waals surface area (Å²) >= 11 is 5.94. The molecule has 2 aromatic rings. The monoisotopic (exact) mass is 348 g/mol. The number of hydrogen-bond donors (Lipinski definition) is 1. The number of benzene rings is 1. The van der Waals surface area contributed by atoms with Crippen molar-refractivity contribution in [2.75, 3.05) is 0 Å². The maximum atomic E-state index is 11.1. The van der Waals surface area contributed by atoms with Crippen LogP contribution < -0.4 is 4.74 Å². The van der Waals surface area contributed by atoms with Crippen LogP contribution >= 0.6 is 11.6 Å². The fourth-order valence-corrected chi connectivity index (χ4v) is 2.76. The normalized spacial score (nSPS) is 10.9. The average molecular weight is 349 g/mol. The van der Waals surface area contributed by atoms with Gasteiger partial charge in [-0.25, -0.2) is 14.8 Å². The van der Waals surface area contributed by atoms with E-state index in [4.69, 9.17) is 21.4 Å². The lowest BCUT2D eigenvalue weighted by molar-refractivity contribution is 0.143. The number of carbonyl (C=O) groups is 1.